The summed E-state index contributed by atoms with van der Waals surface area (Å²) >= 11 is 0. The number of methoxy groups -OCH3 is 1. The Morgan fingerprint density at radius 2 is 1.86 bits per heavy atom. The van der Waals surface area contributed by atoms with E-state index in [1.54, 1.807) is 6.33 Å². The maximum Gasteiger partial charge on any atom is 0.241 e. The molecule has 2 aliphatic carbocycles. The van der Waals surface area contributed by atoms with Gasteiger partial charge in [-0.25, -0.2) is 4.98 Å². The second-order valence-electron chi connectivity index (χ2n) is 8.02. The summed E-state index contributed by atoms with van der Waals surface area (Å²) in [4.78, 5) is 16.9. The minimum absolute atomic E-state index is 0.104. The Bertz CT molecular complexity index is 828. The van der Waals surface area contributed by atoms with Crippen molar-refractivity contribution in [2.75, 3.05) is 12.4 Å². The molecule has 7 heteroatoms. The number of nitrogens with zero attached hydrogens (tertiary/aromatic N) is 2. The van der Waals surface area contributed by atoms with Gasteiger partial charge < -0.3 is 25.5 Å². The molecule has 2 aromatic rings. The molecule has 28 heavy (non-hydrogen) atoms. The van der Waals surface area contributed by atoms with Crippen LogP contribution in [0.5, 0.6) is 0 Å². The molecule has 0 radical (unpaired) electrons. The van der Waals surface area contributed by atoms with Crippen molar-refractivity contribution < 1.29 is 14.6 Å². The van der Waals surface area contributed by atoms with Gasteiger partial charge in [-0.05, 0) is 55.6 Å². The Balaban J connectivity index is 1.46. The van der Waals surface area contributed by atoms with Gasteiger partial charge in [-0.3, -0.25) is 4.79 Å². The lowest BCUT2D eigenvalue weighted by molar-refractivity contribution is -0.118. The number of aliphatic hydroxyl groups is 1. The number of aliphatic hydroxyl groups excluding tert-OH is 1. The molecule has 150 valence electrons. The third-order valence-electron chi connectivity index (χ3n) is 5.90. The van der Waals surface area contributed by atoms with Gasteiger partial charge in [0.05, 0.1) is 18.1 Å². The maximum absolute atomic E-state index is 12.7. The number of anilines is 1. The molecule has 1 heterocycles. The number of hydrogen-bond acceptors (Lipinski definition) is 5. The highest BCUT2D eigenvalue weighted by Crippen LogP contribution is 2.50. The first kappa shape index (κ1) is 19.1. The fraction of sp³-hybridized carbons (Fsp3) is 0.524. The molecule has 2 aliphatic rings. The predicted molar refractivity (Wildman–Crippen MR) is 106 cm³/mol. The van der Waals surface area contributed by atoms with Crippen LogP contribution in [-0.4, -0.2) is 33.7 Å². The Morgan fingerprint density at radius 1 is 1.25 bits per heavy atom. The Kier molecular flexibility index (Phi) is 5.23. The van der Waals surface area contributed by atoms with Crippen molar-refractivity contribution >= 4 is 11.6 Å². The number of carbonyl (C=O) groups excluding carboxylic acids is 1. The molecule has 0 aliphatic heterocycles. The van der Waals surface area contributed by atoms with Gasteiger partial charge in [0.25, 0.3) is 0 Å². The van der Waals surface area contributed by atoms with Gasteiger partial charge >= 0.3 is 0 Å². The van der Waals surface area contributed by atoms with Crippen molar-refractivity contribution in [2.24, 2.45) is 30.5 Å². The number of benzene rings is 1. The van der Waals surface area contributed by atoms with Crippen molar-refractivity contribution in [3.63, 3.8) is 0 Å². The fourth-order valence-corrected chi connectivity index (χ4v) is 4.14. The maximum atomic E-state index is 12.7. The molecule has 0 saturated heterocycles. The van der Waals surface area contributed by atoms with Crippen LogP contribution in [-0.2, 0) is 16.6 Å². The summed E-state index contributed by atoms with van der Waals surface area (Å²) in [6.45, 7) is 0. The van der Waals surface area contributed by atoms with Gasteiger partial charge in [-0.15, -0.1) is 0 Å². The van der Waals surface area contributed by atoms with Crippen molar-refractivity contribution in [3.8, 4) is 11.3 Å². The lowest BCUT2D eigenvalue weighted by Crippen LogP contribution is -2.43. The van der Waals surface area contributed by atoms with E-state index in [0.717, 1.165) is 11.3 Å². The van der Waals surface area contributed by atoms with Gasteiger partial charge in [-0.2, -0.15) is 0 Å². The van der Waals surface area contributed by atoms with Crippen LogP contribution in [0.2, 0.25) is 0 Å². The van der Waals surface area contributed by atoms with E-state index in [2.05, 4.69) is 10.3 Å². The normalized spacial score (nSPS) is 18.9. The Morgan fingerprint density at radius 3 is 2.39 bits per heavy atom. The van der Waals surface area contributed by atoms with Crippen molar-refractivity contribution in [1.82, 2.24) is 9.55 Å². The summed E-state index contributed by atoms with van der Waals surface area (Å²) in [6, 6.07) is 7.03. The standard InChI is InChI=1S/C21H28N4O3/c1-25-11-23-18(21(27)28-2)19(25)14-7-9-15(10-8-14)24-20(26)17(22)16(12-3-4-12)13-5-6-13/h7-13,16-17,21,27H,3-6,22H2,1-2H3,(H,24,26)/t17-,21?/m0/s1. The SMILES string of the molecule is COC(O)c1ncn(C)c1-c1ccc(NC(=O)[C@@H](N)C(C2CC2)C2CC2)cc1. The minimum atomic E-state index is -1.09. The van der Waals surface area contributed by atoms with E-state index in [4.69, 9.17) is 10.5 Å². The van der Waals surface area contributed by atoms with Crippen LogP contribution in [0, 0.1) is 17.8 Å². The number of imidazole rings is 1. The quantitative estimate of drug-likeness (QED) is 0.607. The van der Waals surface area contributed by atoms with Crippen LogP contribution < -0.4 is 11.1 Å². The summed E-state index contributed by atoms with van der Waals surface area (Å²) < 4.78 is 6.82. The fourth-order valence-electron chi connectivity index (χ4n) is 4.14. The third kappa shape index (κ3) is 3.83. The lowest BCUT2D eigenvalue weighted by atomic mass is 9.89. The lowest BCUT2D eigenvalue weighted by Gasteiger charge is -2.23. The van der Waals surface area contributed by atoms with Crippen LogP contribution in [0.15, 0.2) is 30.6 Å². The topological polar surface area (TPSA) is 102 Å². The number of ether oxygens (including phenoxy) is 1. The highest BCUT2D eigenvalue weighted by molar-refractivity contribution is 5.95. The molecule has 1 aromatic carbocycles. The third-order valence-corrected chi connectivity index (χ3v) is 5.90. The summed E-state index contributed by atoms with van der Waals surface area (Å²) in [7, 11) is 3.29. The van der Waals surface area contributed by atoms with E-state index in [1.807, 2.05) is 35.9 Å². The summed E-state index contributed by atoms with van der Waals surface area (Å²) in [5, 5.41) is 13.0. The molecule has 1 amide bonds. The van der Waals surface area contributed by atoms with Crippen molar-refractivity contribution in [1.29, 1.82) is 0 Å². The van der Waals surface area contributed by atoms with Gasteiger partial charge in [0, 0.05) is 25.4 Å². The van der Waals surface area contributed by atoms with Crippen LogP contribution in [0.1, 0.15) is 37.7 Å². The Hall–Kier alpha value is -2.22. The number of nitrogens with one attached hydrogen (secondary N) is 1. The van der Waals surface area contributed by atoms with Crippen LogP contribution in [0.3, 0.4) is 0 Å². The van der Waals surface area contributed by atoms with Crippen LogP contribution in [0.25, 0.3) is 11.3 Å². The number of rotatable bonds is 8. The van der Waals surface area contributed by atoms with E-state index in [0.29, 0.717) is 29.1 Å². The molecule has 0 bridgehead atoms. The summed E-state index contributed by atoms with van der Waals surface area (Å²) in [6.07, 6.45) is 5.37. The number of hydrogen-bond donors (Lipinski definition) is 3. The average molecular weight is 384 g/mol. The van der Waals surface area contributed by atoms with Crippen molar-refractivity contribution in [3.05, 3.63) is 36.3 Å². The summed E-state index contributed by atoms with van der Waals surface area (Å²) in [5.74, 6) is 1.48. The average Bonchev–Trinajstić information content (AvgIpc) is 3.62. The molecule has 4 rings (SSSR count). The zero-order valence-corrected chi connectivity index (χ0v) is 16.3. The van der Waals surface area contributed by atoms with Gasteiger partial charge in [-0.1, -0.05) is 12.1 Å². The Labute approximate surface area is 164 Å². The van der Waals surface area contributed by atoms with E-state index < -0.39 is 12.3 Å². The summed E-state index contributed by atoms with van der Waals surface area (Å²) in [5.41, 5.74) is 9.14. The molecule has 0 spiro atoms. The number of amides is 1. The largest absolute Gasteiger partial charge is 0.363 e. The molecule has 2 fully saturated rings. The van der Waals surface area contributed by atoms with Gasteiger partial charge in [0.1, 0.15) is 5.69 Å². The molecular formula is C21H28N4O3. The van der Waals surface area contributed by atoms with Crippen molar-refractivity contribution in [2.45, 2.75) is 38.0 Å². The number of aryl methyl sites for hydroxylation is 1. The molecule has 4 N–H and O–H groups in total. The molecule has 1 unspecified atom stereocenters. The van der Waals surface area contributed by atoms with Gasteiger partial charge in [0.2, 0.25) is 12.2 Å². The molecule has 2 atom stereocenters. The molecular weight excluding hydrogens is 356 g/mol. The number of nitrogens with two attached hydrogens (primary N) is 1. The van der Waals surface area contributed by atoms with E-state index >= 15 is 0 Å². The zero-order chi connectivity index (χ0) is 19.8. The van der Waals surface area contributed by atoms with Crippen LogP contribution >= 0.6 is 0 Å². The monoisotopic (exact) mass is 384 g/mol. The highest BCUT2D eigenvalue weighted by Gasteiger charge is 2.46. The zero-order valence-electron chi connectivity index (χ0n) is 16.3. The van der Waals surface area contributed by atoms with Crippen LogP contribution in [0.4, 0.5) is 5.69 Å². The van der Waals surface area contributed by atoms with E-state index in [-0.39, 0.29) is 5.91 Å². The number of aromatic nitrogens is 2. The first-order chi connectivity index (χ1) is 13.5. The van der Waals surface area contributed by atoms with E-state index in [1.165, 1.54) is 32.8 Å². The molecule has 7 nitrogen and oxygen atoms in total. The smallest absolute Gasteiger partial charge is 0.241 e. The van der Waals surface area contributed by atoms with Gasteiger partial charge in [0.15, 0.2) is 0 Å². The molecule has 2 saturated carbocycles. The second-order valence-corrected chi connectivity index (χ2v) is 8.02. The highest BCUT2D eigenvalue weighted by atomic mass is 16.6. The number of carbonyl (C=O) groups is 1. The first-order valence-electron chi connectivity index (χ1n) is 9.88. The minimum Gasteiger partial charge on any atom is -0.363 e. The van der Waals surface area contributed by atoms with E-state index in [9.17, 15) is 9.90 Å². The first-order valence-corrected chi connectivity index (χ1v) is 9.88. The second kappa shape index (κ2) is 7.66. The predicted octanol–water partition coefficient (Wildman–Crippen LogP) is 2.43. The molecule has 1 aromatic heterocycles.